The molecule has 0 spiro atoms. The van der Waals surface area contributed by atoms with Gasteiger partial charge in [-0.05, 0) is 25.7 Å². The molecule has 1 aliphatic carbocycles. The quantitative estimate of drug-likeness (QED) is 0.596. The van der Waals surface area contributed by atoms with Crippen molar-refractivity contribution in [1.29, 1.82) is 0 Å². The highest BCUT2D eigenvalue weighted by molar-refractivity contribution is 7.17. The van der Waals surface area contributed by atoms with Crippen LogP contribution in [0.3, 0.4) is 0 Å². The van der Waals surface area contributed by atoms with Crippen LogP contribution in [-0.4, -0.2) is 72.1 Å². The molecule has 3 rings (SSSR count). The van der Waals surface area contributed by atoms with Crippen molar-refractivity contribution < 1.29 is 19.4 Å². The van der Waals surface area contributed by atoms with Gasteiger partial charge < -0.3 is 25.4 Å². The Morgan fingerprint density at radius 2 is 1.85 bits per heavy atom. The van der Waals surface area contributed by atoms with Gasteiger partial charge in [0.2, 0.25) is 10.1 Å². The smallest absolute Gasteiger partial charge is 0.329 e. The van der Waals surface area contributed by atoms with E-state index in [4.69, 9.17) is 9.84 Å². The number of rotatable bonds is 6. The van der Waals surface area contributed by atoms with E-state index in [1.165, 1.54) is 11.3 Å². The number of aromatic nitrogens is 2. The first kappa shape index (κ1) is 23.8. The Bertz CT molecular complexity index is 607. The summed E-state index contributed by atoms with van der Waals surface area (Å²) in [6.45, 7) is 3.30. The van der Waals surface area contributed by atoms with Crippen LogP contribution >= 0.6 is 36.2 Å². The lowest BCUT2D eigenvalue weighted by molar-refractivity contribution is -0.145. The molecule has 2 fully saturated rings. The Kier molecular flexibility index (Phi) is 10.2. The van der Waals surface area contributed by atoms with Crippen molar-refractivity contribution in [2.24, 2.45) is 0 Å². The molecule has 27 heavy (non-hydrogen) atoms. The lowest BCUT2D eigenvalue weighted by Crippen LogP contribution is -2.43. The number of aliphatic carboxylic acids is 1. The molecule has 0 aromatic carbocycles. The topological polar surface area (TPSA) is 117 Å². The fourth-order valence-corrected chi connectivity index (χ4v) is 3.90. The minimum Gasteiger partial charge on any atom is -0.480 e. The van der Waals surface area contributed by atoms with Gasteiger partial charge in [0, 0.05) is 32.2 Å². The van der Waals surface area contributed by atoms with Crippen LogP contribution in [0.4, 0.5) is 5.13 Å². The lowest BCUT2D eigenvalue weighted by Gasteiger charge is -2.28. The van der Waals surface area contributed by atoms with Gasteiger partial charge in [0.25, 0.3) is 5.91 Å². The summed E-state index contributed by atoms with van der Waals surface area (Å²) in [7, 11) is 0. The van der Waals surface area contributed by atoms with Gasteiger partial charge in [0.05, 0.1) is 6.10 Å². The second-order valence-corrected chi connectivity index (χ2v) is 7.23. The van der Waals surface area contributed by atoms with Crippen LogP contribution in [-0.2, 0) is 9.53 Å². The molecule has 154 valence electrons. The fraction of sp³-hybridized carbons (Fsp3) is 0.733. The van der Waals surface area contributed by atoms with Gasteiger partial charge >= 0.3 is 5.97 Å². The predicted molar refractivity (Wildman–Crippen MR) is 107 cm³/mol. The van der Waals surface area contributed by atoms with E-state index < -0.39 is 5.97 Å². The zero-order valence-electron chi connectivity index (χ0n) is 14.8. The summed E-state index contributed by atoms with van der Waals surface area (Å²) in [5.74, 6) is -1.14. The van der Waals surface area contributed by atoms with E-state index >= 15 is 0 Å². The first-order valence-electron chi connectivity index (χ1n) is 8.55. The number of carbonyl (C=O) groups is 2. The van der Waals surface area contributed by atoms with Crippen molar-refractivity contribution in [3.63, 3.8) is 0 Å². The third-order valence-corrected chi connectivity index (χ3v) is 5.43. The second-order valence-electron chi connectivity index (χ2n) is 6.28. The molecular weight excluding hydrogens is 417 g/mol. The predicted octanol–water partition coefficient (Wildman–Crippen LogP) is 0.933. The molecule has 1 aromatic rings. The molecule has 0 atom stereocenters. The minimum atomic E-state index is -0.952. The Hall–Kier alpha value is -1.20. The number of nitrogens with one attached hydrogen (secondary N) is 2. The molecule has 0 bridgehead atoms. The van der Waals surface area contributed by atoms with Crippen molar-refractivity contribution in [1.82, 2.24) is 20.8 Å². The van der Waals surface area contributed by atoms with Gasteiger partial charge in [-0.2, -0.15) is 0 Å². The van der Waals surface area contributed by atoms with Crippen molar-refractivity contribution in [2.45, 2.75) is 37.8 Å². The van der Waals surface area contributed by atoms with Crippen LogP contribution in [0.15, 0.2) is 0 Å². The highest BCUT2D eigenvalue weighted by Gasteiger charge is 2.25. The molecule has 1 saturated heterocycles. The average molecular weight is 442 g/mol. The Morgan fingerprint density at radius 1 is 1.19 bits per heavy atom. The number of hydrogen-bond acceptors (Lipinski definition) is 8. The molecule has 1 amide bonds. The average Bonchev–Trinajstić information content (AvgIpc) is 3.12. The number of hydrogen-bond donors (Lipinski definition) is 3. The zero-order chi connectivity index (χ0) is 17.6. The van der Waals surface area contributed by atoms with E-state index in [1.54, 1.807) is 0 Å². The summed E-state index contributed by atoms with van der Waals surface area (Å²) in [5.41, 5.74) is 0. The molecule has 2 heterocycles. The molecular formula is C15H25Cl2N5O4S. The number of carbonyl (C=O) groups excluding carboxylic acids is 1. The normalized spacial score (nSPS) is 22.3. The molecule has 0 radical (unpaired) electrons. The van der Waals surface area contributed by atoms with Crippen LogP contribution in [0, 0.1) is 0 Å². The van der Waals surface area contributed by atoms with E-state index in [9.17, 15) is 9.59 Å². The maximum absolute atomic E-state index is 12.4. The second kappa shape index (κ2) is 11.6. The van der Waals surface area contributed by atoms with E-state index in [-0.39, 0.29) is 49.5 Å². The standard InChI is InChI=1S/C15H23N5O4S.2ClH/c21-12(22)9-24-11-3-1-10(2-4-11)17-13(23)14-18-19-15(25-14)20-7-5-16-6-8-20;;/h10-11,16H,1-9H2,(H,17,23)(H,21,22);2*1H/t10-,11-;;. The zero-order valence-corrected chi connectivity index (χ0v) is 17.2. The summed E-state index contributed by atoms with van der Waals surface area (Å²) in [6.07, 6.45) is 3.02. The van der Waals surface area contributed by atoms with Gasteiger partial charge in [-0.3, -0.25) is 4.79 Å². The van der Waals surface area contributed by atoms with Crippen LogP contribution in [0.5, 0.6) is 0 Å². The monoisotopic (exact) mass is 441 g/mol. The summed E-state index contributed by atoms with van der Waals surface area (Å²) < 4.78 is 5.31. The first-order chi connectivity index (χ1) is 12.1. The van der Waals surface area contributed by atoms with Gasteiger partial charge in [-0.25, -0.2) is 4.79 Å². The van der Waals surface area contributed by atoms with E-state index in [1.807, 2.05) is 0 Å². The van der Waals surface area contributed by atoms with Gasteiger partial charge in [0.1, 0.15) is 6.61 Å². The maximum Gasteiger partial charge on any atom is 0.329 e. The van der Waals surface area contributed by atoms with Crippen LogP contribution in [0.2, 0.25) is 0 Å². The highest BCUT2D eigenvalue weighted by Crippen LogP contribution is 2.23. The summed E-state index contributed by atoms with van der Waals surface area (Å²) in [4.78, 5) is 25.0. The fourth-order valence-electron chi connectivity index (χ4n) is 3.10. The molecule has 1 saturated carbocycles. The lowest BCUT2D eigenvalue weighted by atomic mass is 9.93. The Labute approximate surface area is 174 Å². The summed E-state index contributed by atoms with van der Waals surface area (Å²) in [6, 6.07) is 0.0729. The number of halogens is 2. The molecule has 9 nitrogen and oxygen atoms in total. The number of piperazine rings is 1. The van der Waals surface area contributed by atoms with Gasteiger partial charge in [0.15, 0.2) is 0 Å². The molecule has 1 aliphatic heterocycles. The number of nitrogens with zero attached hydrogens (tertiary/aromatic N) is 3. The molecule has 3 N–H and O–H groups in total. The van der Waals surface area contributed by atoms with Crippen LogP contribution < -0.4 is 15.5 Å². The number of carboxylic acids is 1. The summed E-state index contributed by atoms with van der Waals surface area (Å²) in [5, 5.41) is 24.3. The van der Waals surface area contributed by atoms with Crippen molar-refractivity contribution in [3.8, 4) is 0 Å². The van der Waals surface area contributed by atoms with Crippen LogP contribution in [0.1, 0.15) is 35.5 Å². The SMILES string of the molecule is Cl.Cl.O=C(O)CO[C@H]1CC[C@H](NC(=O)c2nnc(N3CCNCC3)s2)CC1. The molecule has 0 unspecified atom stereocenters. The van der Waals surface area contributed by atoms with Crippen molar-refractivity contribution >= 4 is 53.2 Å². The van der Waals surface area contributed by atoms with E-state index in [0.29, 0.717) is 5.01 Å². The number of anilines is 1. The Morgan fingerprint density at radius 3 is 2.48 bits per heavy atom. The third kappa shape index (κ3) is 7.04. The van der Waals surface area contributed by atoms with E-state index in [2.05, 4.69) is 25.7 Å². The third-order valence-electron chi connectivity index (χ3n) is 4.45. The number of carboxylic acid groups (broad SMARTS) is 1. The van der Waals surface area contributed by atoms with Crippen molar-refractivity contribution in [3.05, 3.63) is 5.01 Å². The van der Waals surface area contributed by atoms with Gasteiger partial charge in [-0.15, -0.1) is 35.0 Å². The Balaban J connectivity index is 0.00000182. The first-order valence-corrected chi connectivity index (χ1v) is 9.37. The molecule has 2 aliphatic rings. The number of ether oxygens (including phenoxy) is 1. The van der Waals surface area contributed by atoms with Crippen LogP contribution in [0.25, 0.3) is 0 Å². The maximum atomic E-state index is 12.4. The number of amides is 1. The molecule has 1 aromatic heterocycles. The van der Waals surface area contributed by atoms with Crippen molar-refractivity contribution in [2.75, 3.05) is 37.7 Å². The van der Waals surface area contributed by atoms with Gasteiger partial charge in [-0.1, -0.05) is 11.3 Å². The largest absolute Gasteiger partial charge is 0.480 e. The minimum absolute atomic E-state index is 0. The molecule has 12 heteroatoms. The highest BCUT2D eigenvalue weighted by atomic mass is 35.5. The summed E-state index contributed by atoms with van der Waals surface area (Å²) >= 11 is 1.32. The van der Waals surface area contributed by atoms with E-state index in [0.717, 1.165) is 57.0 Å².